The molecule has 1 aromatic rings. The maximum atomic E-state index is 10.1. The van der Waals surface area contributed by atoms with Crippen LogP contribution in [-0.4, -0.2) is 51.1 Å². The van der Waals surface area contributed by atoms with Gasteiger partial charge < -0.3 is 5.11 Å². The fraction of sp³-hybridized carbons (Fsp3) is 0.533. The van der Waals surface area contributed by atoms with E-state index in [-0.39, 0.29) is 0 Å². The summed E-state index contributed by atoms with van der Waals surface area (Å²) >= 11 is 3.77. The fourth-order valence-corrected chi connectivity index (χ4v) is 5.39. The molecule has 0 saturated carbocycles. The van der Waals surface area contributed by atoms with Crippen LogP contribution in [0.1, 0.15) is 18.1 Å². The Hall–Kier alpha value is -0.650. The number of rotatable bonds is 2. The van der Waals surface area contributed by atoms with Gasteiger partial charge in [0.15, 0.2) is 0 Å². The number of likely N-dealkylation sites (N-methyl/N-ethyl adjacent to an activating group) is 1. The van der Waals surface area contributed by atoms with Gasteiger partial charge in [0.1, 0.15) is 10.8 Å². The summed E-state index contributed by atoms with van der Waals surface area (Å²) in [6.07, 6.45) is 0. The third kappa shape index (κ3) is 2.59. The Bertz CT molecular complexity index is 547. The fourth-order valence-electron chi connectivity index (χ4n) is 2.61. The van der Waals surface area contributed by atoms with Gasteiger partial charge in [-0.1, -0.05) is 6.07 Å². The van der Waals surface area contributed by atoms with E-state index in [1.54, 1.807) is 11.8 Å². The van der Waals surface area contributed by atoms with Crippen molar-refractivity contribution < 1.29 is 5.11 Å². The quantitative estimate of drug-likeness (QED) is 0.911. The number of phenols is 1. The van der Waals surface area contributed by atoms with Crippen molar-refractivity contribution in [1.82, 2.24) is 4.90 Å². The second-order valence-electron chi connectivity index (χ2n) is 5.57. The maximum Gasteiger partial charge on any atom is 0.125 e. The van der Waals surface area contributed by atoms with E-state index < -0.39 is 0 Å². The van der Waals surface area contributed by atoms with Crippen LogP contribution in [0.4, 0.5) is 0 Å². The van der Waals surface area contributed by atoms with Crippen LogP contribution in [0.2, 0.25) is 0 Å². The number of hydrogen-bond donors (Lipinski definition) is 1. The van der Waals surface area contributed by atoms with E-state index in [9.17, 15) is 5.11 Å². The molecule has 3 nitrogen and oxygen atoms in total. The standard InChI is InChI=1S/C15H20N2OS2/c1-9-4-5-11(13(18)6-9)14-16-12(8-19-14)15-17(3)10(2)7-20-15/h4-6,10,12,15,18H,7-8H2,1-3H3. The lowest BCUT2D eigenvalue weighted by atomic mass is 10.1. The number of aryl methyl sites for hydroxylation is 1. The predicted octanol–water partition coefficient (Wildman–Crippen LogP) is 2.96. The van der Waals surface area contributed by atoms with E-state index in [2.05, 4.69) is 18.9 Å². The van der Waals surface area contributed by atoms with Gasteiger partial charge >= 0.3 is 0 Å². The summed E-state index contributed by atoms with van der Waals surface area (Å²) in [6, 6.07) is 6.78. The molecule has 0 bridgehead atoms. The molecule has 3 rings (SSSR count). The lowest BCUT2D eigenvalue weighted by molar-refractivity contribution is 0.262. The molecule has 1 N–H and O–H groups in total. The van der Waals surface area contributed by atoms with Gasteiger partial charge in [-0.2, -0.15) is 0 Å². The Morgan fingerprint density at radius 1 is 1.35 bits per heavy atom. The molecule has 2 heterocycles. The van der Waals surface area contributed by atoms with E-state index in [1.807, 2.05) is 36.9 Å². The van der Waals surface area contributed by atoms with E-state index in [4.69, 9.17) is 4.99 Å². The number of phenolic OH excluding ortho intramolecular Hbond substituents is 1. The van der Waals surface area contributed by atoms with Gasteiger partial charge in [0.25, 0.3) is 0 Å². The molecule has 0 aliphatic carbocycles. The molecule has 1 fully saturated rings. The summed E-state index contributed by atoms with van der Waals surface area (Å²) < 4.78 is 0. The zero-order valence-corrected chi connectivity index (χ0v) is 13.7. The van der Waals surface area contributed by atoms with Crippen molar-refractivity contribution in [3.63, 3.8) is 0 Å². The van der Waals surface area contributed by atoms with Crippen LogP contribution < -0.4 is 0 Å². The zero-order valence-electron chi connectivity index (χ0n) is 12.0. The lowest BCUT2D eigenvalue weighted by Gasteiger charge is -2.25. The maximum absolute atomic E-state index is 10.1. The molecule has 3 atom stereocenters. The number of aromatic hydroxyl groups is 1. The Balaban J connectivity index is 1.81. The van der Waals surface area contributed by atoms with Gasteiger partial charge in [0.05, 0.1) is 11.4 Å². The highest BCUT2D eigenvalue weighted by atomic mass is 32.2. The Morgan fingerprint density at radius 3 is 2.80 bits per heavy atom. The summed E-state index contributed by atoms with van der Waals surface area (Å²) in [6.45, 7) is 4.26. The number of hydrogen-bond acceptors (Lipinski definition) is 5. The third-order valence-corrected chi connectivity index (χ3v) is 6.76. The van der Waals surface area contributed by atoms with Gasteiger partial charge in [-0.25, -0.2) is 0 Å². The highest BCUT2D eigenvalue weighted by Crippen LogP contribution is 2.37. The first-order valence-corrected chi connectivity index (χ1v) is 8.94. The molecule has 1 aromatic carbocycles. The van der Waals surface area contributed by atoms with Crippen molar-refractivity contribution >= 4 is 28.6 Å². The zero-order chi connectivity index (χ0) is 14.3. The van der Waals surface area contributed by atoms with Crippen LogP contribution in [0.5, 0.6) is 5.75 Å². The Kier molecular flexibility index (Phi) is 4.02. The van der Waals surface area contributed by atoms with Crippen molar-refractivity contribution in [2.75, 3.05) is 18.6 Å². The number of benzene rings is 1. The molecule has 1 saturated heterocycles. The molecule has 2 aliphatic heterocycles. The SMILES string of the molecule is Cc1ccc(C2=NC(C3SCC(C)N3C)CS2)c(O)c1. The average Bonchev–Trinajstić information content (AvgIpc) is 2.98. The van der Waals surface area contributed by atoms with Gasteiger partial charge in [-0.3, -0.25) is 9.89 Å². The molecule has 0 radical (unpaired) electrons. The minimum absolute atomic E-state index is 0.329. The van der Waals surface area contributed by atoms with Gasteiger partial charge in [0.2, 0.25) is 0 Å². The summed E-state index contributed by atoms with van der Waals surface area (Å²) in [5.74, 6) is 2.54. The average molecular weight is 308 g/mol. The predicted molar refractivity (Wildman–Crippen MR) is 89.1 cm³/mol. The first-order valence-electron chi connectivity index (χ1n) is 6.90. The van der Waals surface area contributed by atoms with Crippen LogP contribution in [0, 0.1) is 6.92 Å². The summed E-state index contributed by atoms with van der Waals surface area (Å²) in [5, 5.41) is 11.5. The second kappa shape index (κ2) is 5.62. The smallest absolute Gasteiger partial charge is 0.125 e. The van der Waals surface area contributed by atoms with Crippen LogP contribution >= 0.6 is 23.5 Å². The van der Waals surface area contributed by atoms with Crippen LogP contribution in [0.25, 0.3) is 0 Å². The number of aliphatic imine (C=N–C) groups is 1. The Labute approximate surface area is 128 Å². The van der Waals surface area contributed by atoms with Crippen molar-refractivity contribution in [2.24, 2.45) is 4.99 Å². The molecule has 2 aliphatic rings. The largest absolute Gasteiger partial charge is 0.507 e. The van der Waals surface area contributed by atoms with Gasteiger partial charge in [-0.05, 0) is 38.6 Å². The highest BCUT2D eigenvalue weighted by Gasteiger charge is 2.37. The first-order chi connectivity index (χ1) is 9.56. The molecular weight excluding hydrogens is 288 g/mol. The van der Waals surface area contributed by atoms with Gasteiger partial charge in [-0.15, -0.1) is 23.5 Å². The van der Waals surface area contributed by atoms with Crippen LogP contribution in [0.3, 0.4) is 0 Å². The second-order valence-corrected chi connectivity index (χ2v) is 7.73. The van der Waals surface area contributed by atoms with Crippen molar-refractivity contribution in [3.8, 4) is 5.75 Å². The molecule has 108 valence electrons. The van der Waals surface area contributed by atoms with Crippen LogP contribution in [0.15, 0.2) is 23.2 Å². The molecule has 0 amide bonds. The van der Waals surface area contributed by atoms with Crippen molar-refractivity contribution in [2.45, 2.75) is 31.3 Å². The summed E-state index contributed by atoms with van der Waals surface area (Å²) in [5.41, 5.74) is 1.95. The first kappa shape index (κ1) is 14.3. The third-order valence-electron chi connectivity index (χ3n) is 3.99. The van der Waals surface area contributed by atoms with Crippen LogP contribution in [-0.2, 0) is 0 Å². The van der Waals surface area contributed by atoms with Gasteiger partial charge in [0, 0.05) is 23.1 Å². The highest BCUT2D eigenvalue weighted by molar-refractivity contribution is 8.14. The van der Waals surface area contributed by atoms with E-state index >= 15 is 0 Å². The molecule has 20 heavy (non-hydrogen) atoms. The van der Waals surface area contributed by atoms with Crippen molar-refractivity contribution in [3.05, 3.63) is 29.3 Å². The van der Waals surface area contributed by atoms with E-state index in [0.717, 1.165) is 21.9 Å². The molecule has 0 spiro atoms. The normalized spacial score (nSPS) is 30.8. The summed E-state index contributed by atoms with van der Waals surface area (Å²) in [7, 11) is 2.19. The van der Waals surface area contributed by atoms with E-state index in [0.29, 0.717) is 23.2 Å². The van der Waals surface area contributed by atoms with E-state index in [1.165, 1.54) is 5.75 Å². The van der Waals surface area contributed by atoms with Crippen molar-refractivity contribution in [1.29, 1.82) is 0 Å². The lowest BCUT2D eigenvalue weighted by Crippen LogP contribution is -2.37. The monoisotopic (exact) mass is 308 g/mol. The number of thioether (sulfide) groups is 2. The minimum atomic E-state index is 0.329. The molecule has 3 unspecified atom stereocenters. The Morgan fingerprint density at radius 2 is 2.15 bits per heavy atom. The topological polar surface area (TPSA) is 35.8 Å². The summed E-state index contributed by atoms with van der Waals surface area (Å²) in [4.78, 5) is 7.30. The molecule has 5 heteroatoms. The minimum Gasteiger partial charge on any atom is -0.507 e. The molecular formula is C15H20N2OS2. The molecule has 0 aromatic heterocycles. The number of nitrogens with zero attached hydrogens (tertiary/aromatic N) is 2.